The Kier molecular flexibility index (Phi) is 4.25. The number of hydrogen-bond acceptors (Lipinski definition) is 1. The van der Waals surface area contributed by atoms with Crippen molar-refractivity contribution in [2.24, 2.45) is 0 Å². The second kappa shape index (κ2) is 6.31. The molecule has 0 atom stereocenters. The van der Waals surface area contributed by atoms with Crippen LogP contribution in [0.5, 0.6) is 0 Å². The molecule has 3 aromatic carbocycles. The Morgan fingerprint density at radius 3 is 2.57 bits per heavy atom. The fourth-order valence-corrected chi connectivity index (χ4v) is 3.09. The maximum Gasteiger partial charge on any atom is 0.0599 e. The minimum Gasteiger partial charge on any atom is -0.354 e. The normalized spacial score (nSPS) is 10.5. The molecule has 1 nitrogen and oxygen atoms in total. The van der Waals surface area contributed by atoms with Crippen LogP contribution in [0.4, 0.5) is 11.4 Å². The lowest BCUT2D eigenvalue weighted by molar-refractivity contribution is 1.27. The molecule has 21 heavy (non-hydrogen) atoms. The van der Waals surface area contributed by atoms with Gasteiger partial charge in [-0.25, -0.2) is 0 Å². The average molecular weight is 385 g/mol. The van der Waals surface area contributed by atoms with E-state index in [1.165, 1.54) is 25.6 Å². The molecule has 0 heterocycles. The molecular weight excluding hydrogens is 369 g/mol. The number of benzene rings is 3. The first-order valence-corrected chi connectivity index (χ1v) is 8.00. The molecule has 2 heteroatoms. The third kappa shape index (κ3) is 2.95. The van der Waals surface area contributed by atoms with Gasteiger partial charge in [-0.2, -0.15) is 0 Å². The Morgan fingerprint density at radius 1 is 0.952 bits per heavy atom. The molecule has 0 saturated heterocycles. The van der Waals surface area contributed by atoms with Crippen molar-refractivity contribution in [3.8, 4) is 0 Å². The largest absolute Gasteiger partial charge is 0.354 e. The Balaban J connectivity index is 2.10. The number of allylic oxidation sites excluding steroid dienone is 1. The molecule has 0 fully saturated rings. The van der Waals surface area contributed by atoms with Crippen molar-refractivity contribution in [1.29, 1.82) is 0 Å². The highest BCUT2D eigenvalue weighted by Crippen LogP contribution is 2.32. The summed E-state index contributed by atoms with van der Waals surface area (Å²) >= 11 is 2.39. The van der Waals surface area contributed by atoms with Crippen LogP contribution in [0.15, 0.2) is 73.3 Å². The monoisotopic (exact) mass is 385 g/mol. The molecule has 0 amide bonds. The number of fused-ring (bicyclic) bond motifs is 1. The van der Waals surface area contributed by atoms with Crippen LogP contribution in [-0.4, -0.2) is 0 Å². The number of hydrogen-bond donors (Lipinski definition) is 1. The molecule has 3 rings (SSSR count). The minimum absolute atomic E-state index is 0.866. The van der Waals surface area contributed by atoms with Crippen LogP contribution in [0.3, 0.4) is 0 Å². The van der Waals surface area contributed by atoms with E-state index in [2.05, 4.69) is 95.2 Å². The number of para-hydroxylation sites is 1. The van der Waals surface area contributed by atoms with Crippen LogP contribution < -0.4 is 5.32 Å². The summed E-state index contributed by atoms with van der Waals surface area (Å²) in [5, 5.41) is 6.11. The summed E-state index contributed by atoms with van der Waals surface area (Å²) in [7, 11) is 0. The number of rotatable bonds is 4. The van der Waals surface area contributed by atoms with Gasteiger partial charge in [0.05, 0.1) is 5.69 Å². The van der Waals surface area contributed by atoms with Gasteiger partial charge in [0.2, 0.25) is 0 Å². The van der Waals surface area contributed by atoms with Gasteiger partial charge in [0.1, 0.15) is 0 Å². The maximum absolute atomic E-state index is 3.84. The second-order valence-electron chi connectivity index (χ2n) is 4.92. The molecule has 0 aliphatic rings. The zero-order chi connectivity index (χ0) is 14.7. The van der Waals surface area contributed by atoms with Crippen molar-refractivity contribution < 1.29 is 0 Å². The predicted molar refractivity (Wildman–Crippen MR) is 100 cm³/mol. The molecular formula is C19H16IN. The Labute approximate surface area is 138 Å². The van der Waals surface area contributed by atoms with E-state index in [4.69, 9.17) is 0 Å². The topological polar surface area (TPSA) is 12.0 Å². The van der Waals surface area contributed by atoms with Gasteiger partial charge >= 0.3 is 0 Å². The zero-order valence-electron chi connectivity index (χ0n) is 11.6. The van der Waals surface area contributed by atoms with Gasteiger partial charge in [-0.15, -0.1) is 6.58 Å². The van der Waals surface area contributed by atoms with Crippen LogP contribution >= 0.6 is 22.6 Å². The summed E-state index contributed by atoms with van der Waals surface area (Å²) in [4.78, 5) is 0. The molecule has 0 bridgehead atoms. The van der Waals surface area contributed by atoms with Gasteiger partial charge in [-0.1, -0.05) is 54.6 Å². The summed E-state index contributed by atoms with van der Waals surface area (Å²) in [5.41, 5.74) is 3.58. The van der Waals surface area contributed by atoms with Gasteiger partial charge < -0.3 is 5.32 Å². The fourth-order valence-electron chi connectivity index (χ4n) is 2.48. The van der Waals surface area contributed by atoms with E-state index in [-0.39, 0.29) is 0 Å². The fraction of sp³-hybridized carbons (Fsp3) is 0.0526. The van der Waals surface area contributed by atoms with E-state index >= 15 is 0 Å². The highest BCUT2D eigenvalue weighted by molar-refractivity contribution is 14.1. The van der Waals surface area contributed by atoms with Crippen LogP contribution in [0.1, 0.15) is 5.56 Å². The standard InChI is InChI=1S/C19H16IN/c1-2-7-15-9-4-6-11-18(15)21-19-16-10-5-3-8-14(16)12-13-17(19)20/h2-6,8-13,21H,1,7H2. The first kappa shape index (κ1) is 14.1. The molecule has 3 aromatic rings. The van der Waals surface area contributed by atoms with Crippen LogP contribution in [0.2, 0.25) is 0 Å². The van der Waals surface area contributed by atoms with Gasteiger partial charge in [0.25, 0.3) is 0 Å². The zero-order valence-corrected chi connectivity index (χ0v) is 13.8. The summed E-state index contributed by atoms with van der Waals surface area (Å²) in [5.74, 6) is 0. The second-order valence-corrected chi connectivity index (χ2v) is 6.08. The van der Waals surface area contributed by atoms with Gasteiger partial charge in [-0.3, -0.25) is 0 Å². The summed E-state index contributed by atoms with van der Waals surface area (Å²) in [6.07, 6.45) is 2.80. The van der Waals surface area contributed by atoms with E-state index in [0.717, 1.165) is 12.1 Å². The Bertz CT molecular complexity index is 792. The molecule has 0 aliphatic carbocycles. The van der Waals surface area contributed by atoms with E-state index in [9.17, 15) is 0 Å². The third-order valence-corrected chi connectivity index (χ3v) is 4.42. The summed E-state index contributed by atoms with van der Waals surface area (Å²) in [6.45, 7) is 3.84. The van der Waals surface area contributed by atoms with Crippen molar-refractivity contribution in [3.05, 3.63) is 82.5 Å². The van der Waals surface area contributed by atoms with Crippen molar-refractivity contribution >= 4 is 44.7 Å². The number of nitrogens with one attached hydrogen (secondary N) is 1. The molecule has 0 aliphatic heterocycles. The third-order valence-electron chi connectivity index (χ3n) is 3.52. The van der Waals surface area contributed by atoms with E-state index in [1.807, 2.05) is 6.08 Å². The summed E-state index contributed by atoms with van der Waals surface area (Å²) in [6, 6.07) is 21.2. The molecule has 0 unspecified atom stereocenters. The highest BCUT2D eigenvalue weighted by Gasteiger charge is 2.07. The van der Waals surface area contributed by atoms with Crippen LogP contribution in [-0.2, 0) is 6.42 Å². The van der Waals surface area contributed by atoms with Crippen LogP contribution in [0, 0.1) is 3.57 Å². The SMILES string of the molecule is C=CCc1ccccc1Nc1c(I)ccc2ccccc12. The minimum atomic E-state index is 0.866. The Hall–Kier alpha value is -1.81. The van der Waals surface area contributed by atoms with Gasteiger partial charge in [0.15, 0.2) is 0 Å². The van der Waals surface area contributed by atoms with Crippen molar-refractivity contribution in [1.82, 2.24) is 0 Å². The van der Waals surface area contributed by atoms with Crippen molar-refractivity contribution in [2.45, 2.75) is 6.42 Å². The van der Waals surface area contributed by atoms with E-state index in [1.54, 1.807) is 0 Å². The first-order valence-electron chi connectivity index (χ1n) is 6.92. The quantitative estimate of drug-likeness (QED) is 0.435. The first-order chi connectivity index (χ1) is 10.3. The summed E-state index contributed by atoms with van der Waals surface area (Å²) < 4.78 is 1.22. The van der Waals surface area contributed by atoms with E-state index < -0.39 is 0 Å². The molecule has 1 N–H and O–H groups in total. The molecule has 0 radical (unpaired) electrons. The highest BCUT2D eigenvalue weighted by atomic mass is 127. The van der Waals surface area contributed by atoms with Crippen LogP contribution in [0.25, 0.3) is 10.8 Å². The lowest BCUT2D eigenvalue weighted by Crippen LogP contribution is -1.98. The molecule has 0 aromatic heterocycles. The molecule has 0 saturated carbocycles. The number of anilines is 2. The lowest BCUT2D eigenvalue weighted by atomic mass is 10.1. The van der Waals surface area contributed by atoms with Crippen molar-refractivity contribution in [2.75, 3.05) is 5.32 Å². The average Bonchev–Trinajstić information content (AvgIpc) is 2.52. The smallest absolute Gasteiger partial charge is 0.0599 e. The molecule has 104 valence electrons. The van der Waals surface area contributed by atoms with Gasteiger partial charge in [-0.05, 0) is 52.1 Å². The molecule has 0 spiro atoms. The Morgan fingerprint density at radius 2 is 1.71 bits per heavy atom. The van der Waals surface area contributed by atoms with Gasteiger partial charge in [0, 0.05) is 14.6 Å². The maximum atomic E-state index is 3.84. The number of halogens is 1. The van der Waals surface area contributed by atoms with E-state index in [0.29, 0.717) is 0 Å². The van der Waals surface area contributed by atoms with Crippen molar-refractivity contribution in [3.63, 3.8) is 0 Å². The predicted octanol–water partition coefficient (Wildman–Crippen LogP) is 5.92. The lowest BCUT2D eigenvalue weighted by Gasteiger charge is -2.15.